The minimum absolute atomic E-state index is 0.679. The molecule has 1 aromatic heterocycles. The fourth-order valence-electron chi connectivity index (χ4n) is 1.61. The average Bonchev–Trinajstić information content (AvgIpc) is 2.29. The van der Waals surface area contributed by atoms with Crippen LogP contribution in [0.4, 0.5) is 11.4 Å². The van der Waals surface area contributed by atoms with Crippen LogP contribution < -0.4 is 11.1 Å². The van der Waals surface area contributed by atoms with Gasteiger partial charge in [0, 0.05) is 36.6 Å². The van der Waals surface area contributed by atoms with Crippen LogP contribution in [-0.4, -0.2) is 25.2 Å². The number of hydrogen-bond donors (Lipinski definition) is 2. The third-order valence-corrected chi connectivity index (χ3v) is 2.39. The van der Waals surface area contributed by atoms with Crippen LogP contribution in [0.3, 0.4) is 0 Å². The molecule has 0 bridgehead atoms. The van der Waals surface area contributed by atoms with E-state index < -0.39 is 0 Å². The largest absolute Gasteiger partial charge is 0.399 e. The summed E-state index contributed by atoms with van der Waals surface area (Å²) in [6, 6.07) is 7.68. The van der Waals surface area contributed by atoms with Gasteiger partial charge in [-0.15, -0.1) is 0 Å². The summed E-state index contributed by atoms with van der Waals surface area (Å²) in [6.45, 7) is 1.46. The summed E-state index contributed by atoms with van der Waals surface area (Å²) in [4.78, 5) is 4.28. The third kappa shape index (κ3) is 2.23. The number of benzene rings is 1. The lowest BCUT2D eigenvalue weighted by atomic mass is 10.1. The van der Waals surface area contributed by atoms with Gasteiger partial charge in [-0.2, -0.15) is 0 Å². The second-order valence-electron chi connectivity index (χ2n) is 3.55. The van der Waals surface area contributed by atoms with Crippen molar-refractivity contribution in [2.75, 3.05) is 31.3 Å². The molecule has 0 unspecified atom stereocenters. The molecular formula is C12H15N3O. The SMILES string of the molecule is COCCNc1ccnc2cc(N)ccc12. The van der Waals surface area contributed by atoms with Crippen molar-refractivity contribution < 1.29 is 4.74 Å². The zero-order valence-electron chi connectivity index (χ0n) is 9.23. The third-order valence-electron chi connectivity index (χ3n) is 2.39. The molecule has 0 spiro atoms. The van der Waals surface area contributed by atoms with Crippen molar-refractivity contribution in [3.63, 3.8) is 0 Å². The van der Waals surface area contributed by atoms with Crippen molar-refractivity contribution >= 4 is 22.3 Å². The van der Waals surface area contributed by atoms with E-state index in [1.165, 1.54) is 0 Å². The fourth-order valence-corrected chi connectivity index (χ4v) is 1.61. The van der Waals surface area contributed by atoms with E-state index in [2.05, 4.69) is 10.3 Å². The number of fused-ring (bicyclic) bond motifs is 1. The number of anilines is 2. The van der Waals surface area contributed by atoms with Crippen LogP contribution in [0.2, 0.25) is 0 Å². The van der Waals surface area contributed by atoms with Gasteiger partial charge < -0.3 is 15.8 Å². The Morgan fingerprint density at radius 3 is 3.06 bits per heavy atom. The van der Waals surface area contributed by atoms with Crippen molar-refractivity contribution in [2.24, 2.45) is 0 Å². The van der Waals surface area contributed by atoms with Gasteiger partial charge in [0.05, 0.1) is 12.1 Å². The molecule has 1 aromatic carbocycles. The molecule has 1 heterocycles. The van der Waals surface area contributed by atoms with Crippen molar-refractivity contribution in [3.05, 3.63) is 30.5 Å². The molecule has 0 fully saturated rings. The normalized spacial score (nSPS) is 10.6. The van der Waals surface area contributed by atoms with E-state index in [4.69, 9.17) is 10.5 Å². The number of nitrogens with zero attached hydrogens (tertiary/aromatic N) is 1. The van der Waals surface area contributed by atoms with Crippen LogP contribution in [-0.2, 0) is 4.74 Å². The second kappa shape index (κ2) is 4.81. The maximum atomic E-state index is 5.72. The van der Waals surface area contributed by atoms with Gasteiger partial charge in [0.2, 0.25) is 0 Å². The molecule has 84 valence electrons. The lowest BCUT2D eigenvalue weighted by Gasteiger charge is -2.09. The first-order chi connectivity index (χ1) is 7.81. The summed E-state index contributed by atoms with van der Waals surface area (Å²) >= 11 is 0. The standard InChI is InChI=1S/C12H15N3O/c1-16-7-6-15-11-4-5-14-12-8-9(13)2-3-10(11)12/h2-5,8H,6-7,13H2,1H3,(H,14,15). The van der Waals surface area contributed by atoms with Crippen LogP contribution in [0, 0.1) is 0 Å². The molecule has 16 heavy (non-hydrogen) atoms. The zero-order valence-corrected chi connectivity index (χ0v) is 9.23. The van der Waals surface area contributed by atoms with Gasteiger partial charge in [-0.1, -0.05) is 0 Å². The maximum Gasteiger partial charge on any atom is 0.0743 e. The van der Waals surface area contributed by atoms with Crippen LogP contribution >= 0.6 is 0 Å². The Morgan fingerprint density at radius 2 is 2.25 bits per heavy atom. The summed E-state index contributed by atoms with van der Waals surface area (Å²) in [7, 11) is 1.69. The molecule has 0 saturated carbocycles. The highest BCUT2D eigenvalue weighted by Gasteiger charge is 2.01. The lowest BCUT2D eigenvalue weighted by molar-refractivity contribution is 0.211. The molecular weight excluding hydrogens is 202 g/mol. The smallest absolute Gasteiger partial charge is 0.0743 e. The van der Waals surface area contributed by atoms with Gasteiger partial charge in [0.25, 0.3) is 0 Å². The Labute approximate surface area is 94.4 Å². The van der Waals surface area contributed by atoms with Crippen molar-refractivity contribution in [1.82, 2.24) is 4.98 Å². The number of pyridine rings is 1. The molecule has 4 nitrogen and oxygen atoms in total. The monoisotopic (exact) mass is 217 g/mol. The van der Waals surface area contributed by atoms with E-state index in [-0.39, 0.29) is 0 Å². The number of nitrogen functional groups attached to an aromatic ring is 1. The highest BCUT2D eigenvalue weighted by atomic mass is 16.5. The van der Waals surface area contributed by atoms with E-state index in [0.29, 0.717) is 6.61 Å². The number of ether oxygens (including phenoxy) is 1. The van der Waals surface area contributed by atoms with Gasteiger partial charge in [-0.3, -0.25) is 4.98 Å². The number of rotatable bonds is 4. The topological polar surface area (TPSA) is 60.2 Å². The maximum absolute atomic E-state index is 5.72. The van der Waals surface area contributed by atoms with Crippen molar-refractivity contribution in [1.29, 1.82) is 0 Å². The fraction of sp³-hybridized carbons (Fsp3) is 0.250. The Kier molecular flexibility index (Phi) is 3.22. The molecule has 4 heteroatoms. The minimum atomic E-state index is 0.679. The lowest BCUT2D eigenvalue weighted by Crippen LogP contribution is -2.07. The number of nitrogens with two attached hydrogens (primary N) is 1. The Bertz CT molecular complexity index is 485. The number of hydrogen-bond acceptors (Lipinski definition) is 4. The molecule has 0 aliphatic heterocycles. The summed E-state index contributed by atoms with van der Waals surface area (Å²) in [5.74, 6) is 0. The van der Waals surface area contributed by atoms with Gasteiger partial charge >= 0.3 is 0 Å². The molecule has 2 aromatic rings. The number of aromatic nitrogens is 1. The highest BCUT2D eigenvalue weighted by Crippen LogP contribution is 2.22. The molecule has 0 amide bonds. The molecule has 0 radical (unpaired) electrons. The van der Waals surface area contributed by atoms with E-state index in [1.54, 1.807) is 13.3 Å². The predicted octanol–water partition coefficient (Wildman–Crippen LogP) is 1.88. The first-order valence-electron chi connectivity index (χ1n) is 5.18. The highest BCUT2D eigenvalue weighted by molar-refractivity contribution is 5.92. The molecule has 0 saturated heterocycles. The molecule has 0 atom stereocenters. The van der Waals surface area contributed by atoms with Gasteiger partial charge in [-0.25, -0.2) is 0 Å². The Morgan fingerprint density at radius 1 is 1.38 bits per heavy atom. The van der Waals surface area contributed by atoms with Crippen LogP contribution in [0.1, 0.15) is 0 Å². The van der Waals surface area contributed by atoms with Gasteiger partial charge in [0.15, 0.2) is 0 Å². The Hall–Kier alpha value is -1.81. The van der Waals surface area contributed by atoms with E-state index in [9.17, 15) is 0 Å². The molecule has 3 N–H and O–H groups in total. The average molecular weight is 217 g/mol. The second-order valence-corrected chi connectivity index (χ2v) is 3.55. The first kappa shape index (κ1) is 10.7. The predicted molar refractivity (Wildman–Crippen MR) is 66.5 cm³/mol. The summed E-state index contributed by atoms with van der Waals surface area (Å²) < 4.78 is 5.00. The van der Waals surface area contributed by atoms with Gasteiger partial charge in [-0.05, 0) is 24.3 Å². The molecule has 2 rings (SSSR count). The minimum Gasteiger partial charge on any atom is -0.399 e. The summed E-state index contributed by atoms with van der Waals surface area (Å²) in [5, 5.41) is 4.38. The van der Waals surface area contributed by atoms with Crippen LogP contribution in [0.5, 0.6) is 0 Å². The van der Waals surface area contributed by atoms with E-state index in [0.717, 1.165) is 28.8 Å². The van der Waals surface area contributed by atoms with E-state index in [1.807, 2.05) is 24.3 Å². The first-order valence-corrected chi connectivity index (χ1v) is 5.18. The van der Waals surface area contributed by atoms with E-state index >= 15 is 0 Å². The van der Waals surface area contributed by atoms with Crippen LogP contribution in [0.25, 0.3) is 10.9 Å². The zero-order chi connectivity index (χ0) is 11.4. The molecule has 0 aliphatic carbocycles. The number of methoxy groups -OCH3 is 1. The quantitative estimate of drug-likeness (QED) is 0.606. The molecule has 0 aliphatic rings. The van der Waals surface area contributed by atoms with Crippen molar-refractivity contribution in [2.45, 2.75) is 0 Å². The number of nitrogens with one attached hydrogen (secondary N) is 1. The van der Waals surface area contributed by atoms with Crippen molar-refractivity contribution in [3.8, 4) is 0 Å². The summed E-state index contributed by atoms with van der Waals surface area (Å²) in [6.07, 6.45) is 1.77. The Balaban J connectivity index is 2.30. The summed E-state index contributed by atoms with van der Waals surface area (Å²) in [5.41, 5.74) is 8.41. The van der Waals surface area contributed by atoms with Crippen LogP contribution in [0.15, 0.2) is 30.5 Å². The van der Waals surface area contributed by atoms with Gasteiger partial charge in [0.1, 0.15) is 0 Å².